The number of benzene rings is 1. The zero-order valence-electron chi connectivity index (χ0n) is 18.2. The first kappa shape index (κ1) is 20.9. The molecule has 0 saturated carbocycles. The van der Waals surface area contributed by atoms with Crippen LogP contribution in [0.1, 0.15) is 49.2 Å². The first-order valence-electron chi connectivity index (χ1n) is 10.8. The third kappa shape index (κ3) is 4.26. The summed E-state index contributed by atoms with van der Waals surface area (Å²) in [5.41, 5.74) is 6.22. The zero-order chi connectivity index (χ0) is 21.8. The highest BCUT2D eigenvalue weighted by Crippen LogP contribution is 2.27. The number of hydrogen-bond donors (Lipinski definition) is 1. The molecule has 4 rings (SSSR count). The number of nitrogens with one attached hydrogen (secondary N) is 1. The Hall–Kier alpha value is -3.35. The Morgan fingerprint density at radius 3 is 2.74 bits per heavy atom. The molecule has 0 fully saturated rings. The van der Waals surface area contributed by atoms with Crippen molar-refractivity contribution >= 4 is 11.6 Å². The van der Waals surface area contributed by atoms with Crippen LogP contribution in [0.4, 0.5) is 10.3 Å². The number of anilines is 1. The van der Waals surface area contributed by atoms with Crippen LogP contribution in [-0.2, 0) is 19.4 Å². The van der Waals surface area contributed by atoms with Crippen molar-refractivity contribution in [2.24, 2.45) is 0 Å². The molecule has 0 atom stereocenters. The van der Waals surface area contributed by atoms with Gasteiger partial charge in [-0.05, 0) is 43.9 Å². The van der Waals surface area contributed by atoms with E-state index in [1.807, 2.05) is 19.9 Å². The van der Waals surface area contributed by atoms with Crippen LogP contribution in [0, 0.1) is 12.7 Å². The number of aromatic nitrogens is 5. The van der Waals surface area contributed by atoms with Crippen molar-refractivity contribution in [1.29, 1.82) is 0 Å². The van der Waals surface area contributed by atoms with E-state index in [9.17, 15) is 4.39 Å². The smallest absolute Gasteiger partial charge is 0.210 e. The summed E-state index contributed by atoms with van der Waals surface area (Å²) in [5.74, 6) is 0.354. The fourth-order valence-electron chi connectivity index (χ4n) is 3.83. The van der Waals surface area contributed by atoms with Crippen molar-refractivity contribution in [2.75, 3.05) is 5.32 Å². The summed E-state index contributed by atoms with van der Waals surface area (Å²) >= 11 is 0. The maximum Gasteiger partial charge on any atom is 0.210 e. The lowest BCUT2D eigenvalue weighted by atomic mass is 10.0. The van der Waals surface area contributed by atoms with Gasteiger partial charge in [-0.15, -0.1) is 10.2 Å². The molecule has 4 aromatic rings. The van der Waals surface area contributed by atoms with E-state index in [4.69, 9.17) is 4.98 Å². The molecule has 0 bridgehead atoms. The SMILES string of the molecule is CCCCc1ccc(-c2cnc(NCc3c(F)cccc3CC)n3cnnc23)c(C)n1. The topological polar surface area (TPSA) is 68.0 Å². The molecule has 6 nitrogen and oxygen atoms in total. The second-order valence-corrected chi connectivity index (χ2v) is 7.64. The van der Waals surface area contributed by atoms with Gasteiger partial charge in [-0.2, -0.15) is 0 Å². The van der Waals surface area contributed by atoms with Crippen LogP contribution in [0.15, 0.2) is 42.9 Å². The first-order valence-corrected chi connectivity index (χ1v) is 10.8. The van der Waals surface area contributed by atoms with Gasteiger partial charge in [-0.25, -0.2) is 9.37 Å². The Morgan fingerprint density at radius 1 is 1.10 bits per heavy atom. The van der Waals surface area contributed by atoms with Crippen molar-refractivity contribution in [3.63, 3.8) is 0 Å². The summed E-state index contributed by atoms with van der Waals surface area (Å²) in [6, 6.07) is 9.33. The maximum atomic E-state index is 14.3. The number of hydrogen-bond acceptors (Lipinski definition) is 5. The molecule has 0 unspecified atom stereocenters. The molecule has 160 valence electrons. The molecule has 0 radical (unpaired) electrons. The lowest BCUT2D eigenvalue weighted by Crippen LogP contribution is -2.10. The quantitative estimate of drug-likeness (QED) is 0.429. The third-order valence-electron chi connectivity index (χ3n) is 5.57. The third-order valence-corrected chi connectivity index (χ3v) is 5.57. The number of rotatable bonds is 8. The van der Waals surface area contributed by atoms with Crippen molar-refractivity contribution < 1.29 is 4.39 Å². The standard InChI is InChI=1S/C24H27FN6/c1-4-6-9-18-11-12-19(16(3)29-18)21-14-27-24(31-15-28-30-23(21)31)26-13-20-17(5-2)8-7-10-22(20)25/h7-8,10-12,14-15H,4-6,9,13H2,1-3H3,(H,26,27). The molecule has 0 aliphatic heterocycles. The largest absolute Gasteiger partial charge is 0.351 e. The first-order chi connectivity index (χ1) is 15.1. The molecule has 31 heavy (non-hydrogen) atoms. The average Bonchev–Trinajstić information content (AvgIpc) is 3.27. The second kappa shape index (κ2) is 9.20. The average molecular weight is 419 g/mol. The van der Waals surface area contributed by atoms with Crippen LogP contribution < -0.4 is 5.32 Å². The number of aryl methyl sites for hydroxylation is 3. The van der Waals surface area contributed by atoms with E-state index in [-0.39, 0.29) is 5.82 Å². The van der Waals surface area contributed by atoms with Crippen LogP contribution in [-0.4, -0.2) is 24.6 Å². The highest BCUT2D eigenvalue weighted by molar-refractivity contribution is 5.78. The molecule has 0 spiro atoms. The summed E-state index contributed by atoms with van der Waals surface area (Å²) in [6.45, 7) is 6.55. The summed E-state index contributed by atoms with van der Waals surface area (Å²) in [5, 5.41) is 11.6. The molecule has 7 heteroatoms. The minimum absolute atomic E-state index is 0.215. The van der Waals surface area contributed by atoms with E-state index >= 15 is 0 Å². The number of pyridine rings is 1. The number of nitrogens with zero attached hydrogens (tertiary/aromatic N) is 5. The fourth-order valence-corrected chi connectivity index (χ4v) is 3.83. The van der Waals surface area contributed by atoms with Gasteiger partial charge in [-0.3, -0.25) is 9.38 Å². The molecule has 3 aromatic heterocycles. The minimum atomic E-state index is -0.215. The Balaban J connectivity index is 1.64. The summed E-state index contributed by atoms with van der Waals surface area (Å²) < 4.78 is 16.1. The van der Waals surface area contributed by atoms with E-state index in [2.05, 4.69) is 39.6 Å². The van der Waals surface area contributed by atoms with E-state index in [0.29, 0.717) is 23.7 Å². The predicted molar refractivity (Wildman–Crippen MR) is 120 cm³/mol. The van der Waals surface area contributed by atoms with Crippen molar-refractivity contribution in [3.05, 3.63) is 71.2 Å². The van der Waals surface area contributed by atoms with Crippen molar-refractivity contribution in [2.45, 2.75) is 53.0 Å². The summed E-state index contributed by atoms with van der Waals surface area (Å²) in [7, 11) is 0. The lowest BCUT2D eigenvalue weighted by Gasteiger charge is -2.13. The molecular formula is C24H27FN6. The van der Waals surface area contributed by atoms with Gasteiger partial charge in [0.15, 0.2) is 5.65 Å². The number of fused-ring (bicyclic) bond motifs is 1. The molecule has 0 aliphatic rings. The van der Waals surface area contributed by atoms with E-state index in [1.165, 1.54) is 6.07 Å². The summed E-state index contributed by atoms with van der Waals surface area (Å²) in [4.78, 5) is 9.35. The normalized spacial score (nSPS) is 11.2. The van der Waals surface area contributed by atoms with Crippen LogP contribution in [0.2, 0.25) is 0 Å². The Bertz CT molecular complexity index is 1200. The second-order valence-electron chi connectivity index (χ2n) is 7.64. The molecule has 3 heterocycles. The number of halogens is 1. The Morgan fingerprint density at radius 2 is 1.97 bits per heavy atom. The van der Waals surface area contributed by atoms with E-state index in [1.54, 1.807) is 23.0 Å². The Kier molecular flexibility index (Phi) is 6.21. The molecule has 0 saturated heterocycles. The van der Waals surface area contributed by atoms with Gasteiger partial charge in [0.2, 0.25) is 5.95 Å². The van der Waals surface area contributed by atoms with Crippen LogP contribution >= 0.6 is 0 Å². The fraction of sp³-hybridized carbons (Fsp3) is 0.333. The molecule has 0 amide bonds. The predicted octanol–water partition coefficient (Wildman–Crippen LogP) is 5.15. The molecule has 0 aliphatic carbocycles. The Labute approximate surface area is 181 Å². The van der Waals surface area contributed by atoms with Crippen LogP contribution in [0.3, 0.4) is 0 Å². The van der Waals surface area contributed by atoms with Crippen LogP contribution in [0.5, 0.6) is 0 Å². The number of unbranched alkanes of at least 4 members (excludes halogenated alkanes) is 1. The van der Waals surface area contributed by atoms with Gasteiger partial charge in [0.25, 0.3) is 0 Å². The van der Waals surface area contributed by atoms with Gasteiger partial charge < -0.3 is 5.32 Å². The van der Waals surface area contributed by atoms with Gasteiger partial charge in [-0.1, -0.05) is 38.5 Å². The summed E-state index contributed by atoms with van der Waals surface area (Å²) in [6.07, 6.45) is 7.43. The molecular weight excluding hydrogens is 391 g/mol. The van der Waals surface area contributed by atoms with Gasteiger partial charge >= 0.3 is 0 Å². The van der Waals surface area contributed by atoms with Crippen LogP contribution in [0.25, 0.3) is 16.8 Å². The highest BCUT2D eigenvalue weighted by Gasteiger charge is 2.15. The lowest BCUT2D eigenvalue weighted by molar-refractivity contribution is 0.609. The molecule has 1 N–H and O–H groups in total. The monoisotopic (exact) mass is 418 g/mol. The maximum absolute atomic E-state index is 14.3. The minimum Gasteiger partial charge on any atom is -0.351 e. The van der Waals surface area contributed by atoms with E-state index < -0.39 is 0 Å². The van der Waals surface area contributed by atoms with Gasteiger partial charge in [0.1, 0.15) is 12.1 Å². The highest BCUT2D eigenvalue weighted by atomic mass is 19.1. The van der Waals surface area contributed by atoms with Gasteiger partial charge in [0, 0.05) is 40.8 Å². The van der Waals surface area contributed by atoms with Crippen molar-refractivity contribution in [3.8, 4) is 11.1 Å². The van der Waals surface area contributed by atoms with Gasteiger partial charge in [0.05, 0.1) is 0 Å². The molecule has 1 aromatic carbocycles. The zero-order valence-corrected chi connectivity index (χ0v) is 18.2. The van der Waals surface area contributed by atoms with E-state index in [0.717, 1.165) is 53.8 Å². The van der Waals surface area contributed by atoms with Crippen molar-refractivity contribution in [1.82, 2.24) is 24.6 Å².